The lowest BCUT2D eigenvalue weighted by Gasteiger charge is -2.18. The molecule has 0 fully saturated rings. The van der Waals surface area contributed by atoms with Crippen LogP contribution in [0.1, 0.15) is 31.0 Å². The summed E-state index contributed by atoms with van der Waals surface area (Å²) in [4.78, 5) is 3.98. The number of aromatic nitrogens is 3. The minimum atomic E-state index is 0.280. The fourth-order valence-electron chi connectivity index (χ4n) is 2.03. The summed E-state index contributed by atoms with van der Waals surface area (Å²) in [6.45, 7) is 6.04. The highest BCUT2D eigenvalue weighted by Crippen LogP contribution is 2.16. The fraction of sp³-hybridized carbons (Fsp3) is 0.429. The normalized spacial score (nSPS) is 12.6. The lowest BCUT2D eigenvalue weighted by atomic mass is 10.0. The second-order valence-electron chi connectivity index (χ2n) is 4.32. The third kappa shape index (κ3) is 3.17. The Morgan fingerprint density at radius 2 is 2.00 bits per heavy atom. The molecule has 1 aromatic carbocycles. The molecule has 0 spiro atoms. The largest absolute Gasteiger partial charge is 0.309 e. The van der Waals surface area contributed by atoms with Crippen LogP contribution < -0.4 is 5.32 Å². The Labute approximate surface area is 108 Å². The van der Waals surface area contributed by atoms with Gasteiger partial charge in [0, 0.05) is 0 Å². The monoisotopic (exact) mass is 244 g/mol. The van der Waals surface area contributed by atoms with Gasteiger partial charge in [0.05, 0.1) is 12.6 Å². The average molecular weight is 244 g/mol. The topological polar surface area (TPSA) is 42.7 Å². The van der Waals surface area contributed by atoms with E-state index in [1.807, 2.05) is 4.68 Å². The molecule has 2 aromatic rings. The van der Waals surface area contributed by atoms with Gasteiger partial charge in [0.25, 0.3) is 0 Å². The molecule has 0 bridgehead atoms. The van der Waals surface area contributed by atoms with Crippen LogP contribution in [0.5, 0.6) is 0 Å². The van der Waals surface area contributed by atoms with Crippen molar-refractivity contribution in [2.75, 3.05) is 6.54 Å². The molecule has 1 heterocycles. The summed E-state index contributed by atoms with van der Waals surface area (Å²) in [7, 11) is 0. The van der Waals surface area contributed by atoms with Crippen LogP contribution in [0.2, 0.25) is 0 Å². The van der Waals surface area contributed by atoms with Gasteiger partial charge in [-0.15, -0.1) is 0 Å². The molecule has 0 amide bonds. The minimum absolute atomic E-state index is 0.280. The summed E-state index contributed by atoms with van der Waals surface area (Å²) in [6.07, 6.45) is 4.41. The van der Waals surface area contributed by atoms with E-state index >= 15 is 0 Å². The van der Waals surface area contributed by atoms with Crippen molar-refractivity contribution in [3.8, 4) is 0 Å². The van der Waals surface area contributed by atoms with Crippen LogP contribution in [0.15, 0.2) is 36.9 Å². The smallest absolute Gasteiger partial charge is 0.137 e. The van der Waals surface area contributed by atoms with Gasteiger partial charge in [-0.2, -0.15) is 5.10 Å². The third-order valence-corrected chi connectivity index (χ3v) is 3.08. The van der Waals surface area contributed by atoms with Crippen molar-refractivity contribution < 1.29 is 0 Å². The molecule has 0 aliphatic rings. The van der Waals surface area contributed by atoms with Crippen molar-refractivity contribution in [1.29, 1.82) is 0 Å². The first kappa shape index (κ1) is 12.8. The summed E-state index contributed by atoms with van der Waals surface area (Å²) in [6, 6.07) is 9.07. The van der Waals surface area contributed by atoms with Crippen LogP contribution in [0, 0.1) is 0 Å². The molecule has 0 aliphatic heterocycles. The number of likely N-dealkylation sites (N-methyl/N-ethyl adjacent to an activating group) is 1. The average Bonchev–Trinajstić information content (AvgIpc) is 2.91. The number of nitrogens with one attached hydrogen (secondary N) is 1. The van der Waals surface area contributed by atoms with Crippen molar-refractivity contribution in [2.45, 2.75) is 32.9 Å². The molecule has 0 aliphatic carbocycles. The maximum absolute atomic E-state index is 4.16. The van der Waals surface area contributed by atoms with E-state index in [9.17, 15) is 0 Å². The second kappa shape index (κ2) is 6.31. The van der Waals surface area contributed by atoms with Gasteiger partial charge in [0.15, 0.2) is 0 Å². The zero-order valence-corrected chi connectivity index (χ0v) is 11.0. The number of hydrogen-bond acceptors (Lipinski definition) is 3. The maximum atomic E-state index is 4.16. The number of rotatable bonds is 6. The second-order valence-corrected chi connectivity index (χ2v) is 4.32. The van der Waals surface area contributed by atoms with E-state index in [1.54, 1.807) is 12.7 Å². The first-order chi connectivity index (χ1) is 8.83. The van der Waals surface area contributed by atoms with Crippen molar-refractivity contribution in [1.82, 2.24) is 20.1 Å². The van der Waals surface area contributed by atoms with Crippen molar-refractivity contribution >= 4 is 0 Å². The van der Waals surface area contributed by atoms with Gasteiger partial charge in [0.1, 0.15) is 12.7 Å². The van der Waals surface area contributed by atoms with E-state index in [2.05, 4.69) is 53.5 Å². The SMILES string of the molecule is CCNC(Cn1cncn1)c1ccc(CC)cc1. The fourth-order valence-corrected chi connectivity index (χ4v) is 2.03. The predicted molar refractivity (Wildman–Crippen MR) is 72.3 cm³/mol. The Hall–Kier alpha value is -1.68. The molecule has 1 N–H and O–H groups in total. The highest BCUT2D eigenvalue weighted by atomic mass is 15.3. The van der Waals surface area contributed by atoms with Crippen LogP contribution in [-0.2, 0) is 13.0 Å². The van der Waals surface area contributed by atoms with E-state index < -0.39 is 0 Å². The van der Waals surface area contributed by atoms with E-state index in [4.69, 9.17) is 0 Å². The van der Waals surface area contributed by atoms with Gasteiger partial charge >= 0.3 is 0 Å². The van der Waals surface area contributed by atoms with Crippen LogP contribution in [0.25, 0.3) is 0 Å². The molecule has 96 valence electrons. The molecule has 18 heavy (non-hydrogen) atoms. The first-order valence-corrected chi connectivity index (χ1v) is 6.48. The van der Waals surface area contributed by atoms with Crippen molar-refractivity contribution in [3.63, 3.8) is 0 Å². The van der Waals surface area contributed by atoms with Gasteiger partial charge < -0.3 is 5.32 Å². The van der Waals surface area contributed by atoms with E-state index in [0.29, 0.717) is 0 Å². The standard InChI is InChI=1S/C14H20N4/c1-3-12-5-7-13(8-6-12)14(16-4-2)9-18-11-15-10-17-18/h5-8,10-11,14,16H,3-4,9H2,1-2H3. The maximum Gasteiger partial charge on any atom is 0.137 e. The third-order valence-electron chi connectivity index (χ3n) is 3.08. The Morgan fingerprint density at radius 3 is 2.56 bits per heavy atom. The molecule has 0 saturated heterocycles. The van der Waals surface area contributed by atoms with Crippen LogP contribution in [0.3, 0.4) is 0 Å². The molecule has 4 heteroatoms. The summed E-state index contributed by atoms with van der Waals surface area (Å²) in [5.41, 5.74) is 2.67. The molecule has 0 saturated carbocycles. The minimum Gasteiger partial charge on any atom is -0.309 e. The number of hydrogen-bond donors (Lipinski definition) is 1. The van der Waals surface area contributed by atoms with E-state index in [-0.39, 0.29) is 6.04 Å². The zero-order chi connectivity index (χ0) is 12.8. The summed E-state index contributed by atoms with van der Waals surface area (Å²) in [5, 5.41) is 7.65. The Balaban J connectivity index is 2.12. The molecule has 1 aromatic heterocycles. The summed E-state index contributed by atoms with van der Waals surface area (Å²) < 4.78 is 1.86. The first-order valence-electron chi connectivity index (χ1n) is 6.48. The Kier molecular flexibility index (Phi) is 4.47. The van der Waals surface area contributed by atoms with E-state index in [0.717, 1.165) is 19.5 Å². The molecular weight excluding hydrogens is 224 g/mol. The van der Waals surface area contributed by atoms with Gasteiger partial charge in [-0.3, -0.25) is 4.68 Å². The zero-order valence-electron chi connectivity index (χ0n) is 11.0. The molecular formula is C14H20N4. The van der Waals surface area contributed by atoms with Crippen molar-refractivity contribution in [3.05, 3.63) is 48.0 Å². The van der Waals surface area contributed by atoms with E-state index in [1.165, 1.54) is 11.1 Å². The van der Waals surface area contributed by atoms with Gasteiger partial charge in [-0.1, -0.05) is 38.1 Å². The molecule has 1 unspecified atom stereocenters. The number of nitrogens with zero attached hydrogens (tertiary/aromatic N) is 3. The van der Waals surface area contributed by atoms with Gasteiger partial charge in [-0.25, -0.2) is 4.98 Å². The number of aryl methyl sites for hydroxylation is 1. The van der Waals surface area contributed by atoms with Crippen LogP contribution in [0.4, 0.5) is 0 Å². The Bertz CT molecular complexity index is 447. The summed E-state index contributed by atoms with van der Waals surface area (Å²) in [5.74, 6) is 0. The lowest BCUT2D eigenvalue weighted by molar-refractivity contribution is 0.447. The van der Waals surface area contributed by atoms with Gasteiger partial charge in [-0.05, 0) is 24.1 Å². The highest BCUT2D eigenvalue weighted by molar-refractivity contribution is 5.25. The van der Waals surface area contributed by atoms with Crippen molar-refractivity contribution in [2.24, 2.45) is 0 Å². The van der Waals surface area contributed by atoms with Crippen LogP contribution in [-0.4, -0.2) is 21.3 Å². The quantitative estimate of drug-likeness (QED) is 0.847. The molecule has 0 radical (unpaired) electrons. The molecule has 1 atom stereocenters. The molecule has 4 nitrogen and oxygen atoms in total. The van der Waals surface area contributed by atoms with Gasteiger partial charge in [0.2, 0.25) is 0 Å². The van der Waals surface area contributed by atoms with Crippen LogP contribution >= 0.6 is 0 Å². The Morgan fingerprint density at radius 1 is 1.22 bits per heavy atom. The summed E-state index contributed by atoms with van der Waals surface area (Å²) >= 11 is 0. The molecule has 2 rings (SSSR count). The highest BCUT2D eigenvalue weighted by Gasteiger charge is 2.11. The predicted octanol–water partition coefficient (Wildman–Crippen LogP) is 2.19. The number of benzene rings is 1. The lowest BCUT2D eigenvalue weighted by Crippen LogP contribution is -2.25.